The number of carboxylic acids is 2. The van der Waals surface area contributed by atoms with Crippen LogP contribution in [-0.2, 0) is 19.2 Å². The van der Waals surface area contributed by atoms with Gasteiger partial charge < -0.3 is 46.7 Å². The summed E-state index contributed by atoms with van der Waals surface area (Å²) in [6, 6.07) is 12.3. The summed E-state index contributed by atoms with van der Waals surface area (Å²) in [7, 11) is 0. The zero-order valence-corrected chi connectivity index (χ0v) is 27.4. The lowest BCUT2D eigenvalue weighted by molar-refractivity contribution is -0.138. The number of phenols is 1. The predicted octanol–water partition coefficient (Wildman–Crippen LogP) is 2.77. The van der Waals surface area contributed by atoms with Gasteiger partial charge >= 0.3 is 11.9 Å². The summed E-state index contributed by atoms with van der Waals surface area (Å²) in [6.45, 7) is -0.190. The molecular weight excluding hydrogens is 670 g/mol. The van der Waals surface area contributed by atoms with Crippen molar-refractivity contribution < 1.29 is 43.7 Å². The molecule has 0 spiro atoms. The van der Waals surface area contributed by atoms with Crippen LogP contribution in [0, 0.1) is 0 Å². The number of aromatic hydroxyl groups is 1. The number of aromatic carboxylic acids is 1. The Morgan fingerprint density at radius 2 is 1.64 bits per heavy atom. The maximum absolute atomic E-state index is 12.5. The van der Waals surface area contributed by atoms with E-state index in [9.17, 15) is 39.0 Å². The van der Waals surface area contributed by atoms with Gasteiger partial charge in [0.2, 0.25) is 17.7 Å². The number of primary amides is 1. The number of carbonyl (C=O) groups is 5. The van der Waals surface area contributed by atoms with E-state index in [0.29, 0.717) is 53.6 Å². The molecule has 1 heterocycles. The number of phenolic OH excluding ortho intramolecular Hbond substituents is 1. The molecule has 0 aromatic heterocycles. The van der Waals surface area contributed by atoms with Crippen LogP contribution in [0.4, 0.5) is 5.69 Å². The summed E-state index contributed by atoms with van der Waals surface area (Å²) in [5, 5.41) is 40.4. The summed E-state index contributed by atoms with van der Waals surface area (Å²) in [4.78, 5) is 71.0. The maximum Gasteiger partial charge on any atom is 0.336 e. The van der Waals surface area contributed by atoms with Crippen LogP contribution in [0.2, 0.25) is 0 Å². The number of benzene rings is 3. The van der Waals surface area contributed by atoms with Crippen molar-refractivity contribution in [2.75, 3.05) is 18.4 Å². The highest BCUT2D eigenvalue weighted by molar-refractivity contribution is 7.80. The highest BCUT2D eigenvalue weighted by Crippen LogP contribution is 2.42. The molecule has 16 heteroatoms. The van der Waals surface area contributed by atoms with Crippen LogP contribution in [0.15, 0.2) is 63.8 Å². The molecule has 2 aromatic rings. The van der Waals surface area contributed by atoms with E-state index in [1.807, 2.05) is 0 Å². The van der Waals surface area contributed by atoms with Crippen molar-refractivity contribution in [2.24, 2.45) is 5.73 Å². The molecule has 50 heavy (non-hydrogen) atoms. The number of nitrogens with one attached hydrogen (secondary N) is 4. The fraction of sp³-hybridized carbons (Fsp3) is 0.265. The smallest absolute Gasteiger partial charge is 0.336 e. The quantitative estimate of drug-likeness (QED) is 0.0475. The first-order valence-electron chi connectivity index (χ1n) is 15.5. The van der Waals surface area contributed by atoms with Gasteiger partial charge in [0.15, 0.2) is 10.5 Å². The number of unbranched alkanes of at least 4 members (excludes halogenated alkanes) is 2. The molecule has 1 aliphatic heterocycles. The molecule has 15 nitrogen and oxygen atoms in total. The normalized spacial score (nSPS) is 11.4. The molecule has 2 aliphatic rings. The Morgan fingerprint density at radius 3 is 2.36 bits per heavy atom. The zero-order chi connectivity index (χ0) is 36.4. The minimum absolute atomic E-state index is 0.0413. The van der Waals surface area contributed by atoms with Gasteiger partial charge in [-0.05, 0) is 73.4 Å². The van der Waals surface area contributed by atoms with Crippen LogP contribution in [0.3, 0.4) is 0 Å². The van der Waals surface area contributed by atoms with Crippen LogP contribution in [0.1, 0.15) is 48.9 Å². The molecule has 0 saturated heterocycles. The molecule has 1 aliphatic carbocycles. The Hall–Kier alpha value is -6.03. The third-order valence-electron chi connectivity index (χ3n) is 7.57. The molecule has 0 radical (unpaired) electrons. The number of amides is 3. The topological polar surface area (TPSA) is 250 Å². The van der Waals surface area contributed by atoms with E-state index in [0.717, 1.165) is 0 Å². The van der Waals surface area contributed by atoms with E-state index in [4.69, 9.17) is 27.5 Å². The van der Waals surface area contributed by atoms with Crippen LogP contribution in [0.25, 0.3) is 33.4 Å². The van der Waals surface area contributed by atoms with Gasteiger partial charge in [0, 0.05) is 53.7 Å². The average molecular weight is 706 g/mol. The summed E-state index contributed by atoms with van der Waals surface area (Å²) in [5.74, 6) is -4.10. The van der Waals surface area contributed by atoms with Crippen molar-refractivity contribution in [2.45, 2.75) is 44.6 Å². The highest BCUT2D eigenvalue weighted by atomic mass is 32.1. The Morgan fingerprint density at radius 1 is 0.880 bits per heavy atom. The molecule has 0 saturated carbocycles. The first kappa shape index (κ1) is 36.8. The minimum atomic E-state index is -1.25. The van der Waals surface area contributed by atoms with Gasteiger partial charge in [-0.1, -0.05) is 12.5 Å². The SMILES string of the molecule is NC(=O)CC[C@H](NC(=O)CCCCCNC(=S)Nc1ccc(-c2c3ccc(=O)cc-3oc3cc(O)ccc23)c(C(=O)O)c1)C(=O)NCC(=O)O. The van der Waals surface area contributed by atoms with Gasteiger partial charge in [-0.15, -0.1) is 0 Å². The van der Waals surface area contributed by atoms with Crippen molar-refractivity contribution in [1.29, 1.82) is 0 Å². The van der Waals surface area contributed by atoms with E-state index in [1.54, 1.807) is 24.3 Å². The number of fused-ring (bicyclic) bond motifs is 2. The van der Waals surface area contributed by atoms with Crippen LogP contribution in [0.5, 0.6) is 5.75 Å². The fourth-order valence-corrected chi connectivity index (χ4v) is 5.46. The predicted molar refractivity (Wildman–Crippen MR) is 187 cm³/mol. The number of thiocarbonyl (C=S) groups is 1. The molecule has 0 bridgehead atoms. The van der Waals surface area contributed by atoms with E-state index in [1.165, 1.54) is 30.3 Å². The van der Waals surface area contributed by atoms with Gasteiger partial charge in [-0.2, -0.15) is 0 Å². The summed E-state index contributed by atoms with van der Waals surface area (Å²) in [5.41, 5.74) is 6.88. The molecule has 2 aromatic carbocycles. The lowest BCUT2D eigenvalue weighted by Crippen LogP contribution is -2.48. The molecule has 3 amide bonds. The monoisotopic (exact) mass is 705 g/mol. The second-order valence-corrected chi connectivity index (χ2v) is 11.7. The maximum atomic E-state index is 12.5. The van der Waals surface area contributed by atoms with Gasteiger partial charge in [-0.25, -0.2) is 4.79 Å². The van der Waals surface area contributed by atoms with Crippen LogP contribution < -0.4 is 32.4 Å². The lowest BCUT2D eigenvalue weighted by atomic mass is 9.90. The van der Waals surface area contributed by atoms with Gasteiger partial charge in [0.05, 0.1) is 5.56 Å². The molecule has 0 fully saturated rings. The van der Waals surface area contributed by atoms with Crippen molar-refractivity contribution in [1.82, 2.24) is 16.0 Å². The van der Waals surface area contributed by atoms with E-state index in [-0.39, 0.29) is 52.5 Å². The number of nitrogens with two attached hydrogens (primary N) is 1. The Labute approximate surface area is 290 Å². The standard InChI is InChI=1S/C34H35N5O10S/c35-28(42)12-11-25(32(46)37-17-30(44)45)39-29(43)4-2-1-3-13-36-34(50)38-18-5-8-21(24(14-18)33(47)48)31-22-9-6-19(40)15-26(22)49-27-16-20(41)7-10-23(27)31/h5-10,14-16,25,40H,1-4,11-13,17H2,(H2,35,42)(H,37,46)(H,39,43)(H,44,45)(H,47,48)(H2,36,38,50)/t25-/m0/s1. The van der Waals surface area contributed by atoms with Crippen molar-refractivity contribution in [3.05, 3.63) is 70.4 Å². The van der Waals surface area contributed by atoms with Gasteiger partial charge in [-0.3, -0.25) is 24.0 Å². The number of carboxylic acid groups (broad SMARTS) is 2. The Kier molecular flexibility index (Phi) is 12.4. The second-order valence-electron chi connectivity index (χ2n) is 11.3. The zero-order valence-electron chi connectivity index (χ0n) is 26.6. The first-order chi connectivity index (χ1) is 23.8. The van der Waals surface area contributed by atoms with Gasteiger partial charge in [0.25, 0.3) is 0 Å². The van der Waals surface area contributed by atoms with Gasteiger partial charge in [0.1, 0.15) is 29.7 Å². The summed E-state index contributed by atoms with van der Waals surface area (Å²) >= 11 is 5.39. The largest absolute Gasteiger partial charge is 0.508 e. The minimum Gasteiger partial charge on any atom is -0.508 e. The third-order valence-corrected chi connectivity index (χ3v) is 7.81. The Bertz CT molecular complexity index is 1980. The van der Waals surface area contributed by atoms with Crippen molar-refractivity contribution >= 4 is 63.6 Å². The highest BCUT2D eigenvalue weighted by Gasteiger charge is 2.23. The third kappa shape index (κ3) is 9.99. The number of aliphatic carboxylic acids is 1. The van der Waals surface area contributed by atoms with Crippen molar-refractivity contribution in [3.63, 3.8) is 0 Å². The fourth-order valence-electron chi connectivity index (χ4n) is 5.24. The molecule has 4 rings (SSSR count). The molecule has 0 unspecified atom stereocenters. The number of carbonyl (C=O) groups excluding carboxylic acids is 3. The lowest BCUT2D eigenvalue weighted by Gasteiger charge is -2.18. The van der Waals surface area contributed by atoms with E-state index < -0.39 is 42.2 Å². The second kappa shape index (κ2) is 16.9. The average Bonchev–Trinajstić information content (AvgIpc) is 3.05. The number of hydrogen-bond donors (Lipinski definition) is 8. The molecule has 262 valence electrons. The Balaban J connectivity index is 1.33. The van der Waals surface area contributed by atoms with E-state index in [2.05, 4.69) is 21.3 Å². The van der Waals surface area contributed by atoms with E-state index >= 15 is 0 Å². The molecule has 9 N–H and O–H groups in total. The molecule has 1 atom stereocenters. The van der Waals surface area contributed by atoms with Crippen LogP contribution >= 0.6 is 12.2 Å². The number of anilines is 1. The van der Waals surface area contributed by atoms with Crippen molar-refractivity contribution in [3.8, 4) is 28.2 Å². The number of hydrogen-bond acceptors (Lipinski definition) is 9. The summed E-state index contributed by atoms with van der Waals surface area (Å²) in [6.07, 6.45) is 1.57. The first-order valence-corrected chi connectivity index (χ1v) is 15.9. The molecular formula is C34H35N5O10S. The van der Waals surface area contributed by atoms with Crippen LogP contribution in [-0.4, -0.2) is 69.2 Å². The summed E-state index contributed by atoms with van der Waals surface area (Å²) < 4.78 is 5.86. The number of rotatable bonds is 16.